The van der Waals surface area contributed by atoms with Gasteiger partial charge in [0, 0.05) is 30.7 Å². The van der Waals surface area contributed by atoms with E-state index in [-0.39, 0.29) is 24.0 Å². The second kappa shape index (κ2) is 8.89. The minimum absolute atomic E-state index is 0. The van der Waals surface area contributed by atoms with Gasteiger partial charge < -0.3 is 15.5 Å². The molecule has 0 spiro atoms. The second-order valence-corrected chi connectivity index (χ2v) is 6.86. The third kappa shape index (κ3) is 6.07. The molecule has 1 fully saturated rings. The van der Waals surface area contributed by atoms with Crippen molar-refractivity contribution in [2.24, 2.45) is 10.9 Å². The Bertz CT molecular complexity index is 454. The van der Waals surface area contributed by atoms with E-state index in [1.54, 1.807) is 11.3 Å². The molecule has 1 atom stereocenters. The predicted octanol–water partition coefficient (Wildman–Crippen LogP) is 2.07. The Labute approximate surface area is 148 Å². The van der Waals surface area contributed by atoms with Gasteiger partial charge in [-0.3, -0.25) is 4.99 Å². The molecule has 0 bridgehead atoms. The smallest absolute Gasteiger partial charge is 0.191 e. The Morgan fingerprint density at radius 1 is 1.48 bits per heavy atom. The van der Waals surface area contributed by atoms with Gasteiger partial charge in [-0.25, -0.2) is 4.98 Å². The monoisotopic (exact) mass is 423 g/mol. The molecule has 1 aromatic heterocycles. The molecular formula is C14H26IN5S. The molecule has 2 rings (SSSR count). The number of hydrogen-bond acceptors (Lipinski definition) is 4. The van der Waals surface area contributed by atoms with E-state index >= 15 is 0 Å². The van der Waals surface area contributed by atoms with Crippen LogP contribution < -0.4 is 10.6 Å². The van der Waals surface area contributed by atoms with E-state index in [4.69, 9.17) is 0 Å². The highest BCUT2D eigenvalue weighted by atomic mass is 127. The van der Waals surface area contributed by atoms with E-state index in [1.165, 1.54) is 17.7 Å². The van der Waals surface area contributed by atoms with Gasteiger partial charge in [0.05, 0.1) is 6.54 Å². The molecule has 1 heterocycles. The summed E-state index contributed by atoms with van der Waals surface area (Å²) in [7, 11) is 6.11. The Morgan fingerprint density at radius 2 is 2.19 bits per heavy atom. The van der Waals surface area contributed by atoms with Crippen molar-refractivity contribution in [1.29, 1.82) is 0 Å². The van der Waals surface area contributed by atoms with Gasteiger partial charge in [-0.15, -0.1) is 35.3 Å². The van der Waals surface area contributed by atoms with Gasteiger partial charge in [-0.05, 0) is 39.8 Å². The summed E-state index contributed by atoms with van der Waals surface area (Å²) >= 11 is 1.72. The fourth-order valence-corrected chi connectivity index (χ4v) is 3.04. The summed E-state index contributed by atoms with van der Waals surface area (Å²) in [4.78, 5) is 12.2. The number of halogens is 1. The number of aliphatic imine (C=N–C) groups is 1. The van der Waals surface area contributed by atoms with Crippen LogP contribution >= 0.6 is 35.3 Å². The predicted molar refractivity (Wildman–Crippen MR) is 101 cm³/mol. The number of rotatable bonds is 6. The molecule has 0 saturated heterocycles. The quantitative estimate of drug-likeness (QED) is 0.418. The molecule has 1 aliphatic carbocycles. The minimum Gasteiger partial charge on any atom is -0.355 e. The summed E-state index contributed by atoms with van der Waals surface area (Å²) in [5, 5.41) is 7.84. The van der Waals surface area contributed by atoms with E-state index in [0.717, 1.165) is 30.0 Å². The molecule has 1 unspecified atom stereocenters. The molecule has 0 aliphatic heterocycles. The van der Waals surface area contributed by atoms with Gasteiger partial charge >= 0.3 is 0 Å². The summed E-state index contributed by atoms with van der Waals surface area (Å²) in [6, 6.07) is 0.593. The number of aryl methyl sites for hydroxylation is 1. The van der Waals surface area contributed by atoms with E-state index in [0.29, 0.717) is 6.04 Å². The SMILES string of the molecule is CN=C(NCc1ncc(C)s1)NCC(C1CC1)N(C)C.I. The van der Waals surface area contributed by atoms with Gasteiger partial charge in [0.15, 0.2) is 5.96 Å². The van der Waals surface area contributed by atoms with Crippen LogP contribution in [0.5, 0.6) is 0 Å². The van der Waals surface area contributed by atoms with Crippen molar-refractivity contribution in [3.8, 4) is 0 Å². The van der Waals surface area contributed by atoms with E-state index in [2.05, 4.69) is 46.5 Å². The van der Waals surface area contributed by atoms with Crippen molar-refractivity contribution in [1.82, 2.24) is 20.5 Å². The number of hydrogen-bond donors (Lipinski definition) is 2. The van der Waals surface area contributed by atoms with Crippen LogP contribution in [0.15, 0.2) is 11.2 Å². The van der Waals surface area contributed by atoms with Crippen LogP contribution in [0, 0.1) is 12.8 Å². The standard InChI is InChI=1S/C14H25N5S.HI/c1-10-7-16-13(20-10)9-18-14(15-2)17-8-12(19(3)4)11-5-6-11;/h7,11-12H,5-6,8-9H2,1-4H3,(H2,15,17,18);1H. The minimum atomic E-state index is 0. The molecule has 0 aromatic carbocycles. The van der Waals surface area contributed by atoms with Gasteiger partial charge in [0.1, 0.15) is 5.01 Å². The Hall–Kier alpha value is -0.410. The molecule has 1 aliphatic rings. The normalized spacial score (nSPS) is 16.5. The summed E-state index contributed by atoms with van der Waals surface area (Å²) in [6.45, 7) is 3.74. The van der Waals surface area contributed by atoms with Crippen LogP contribution in [0.25, 0.3) is 0 Å². The molecule has 0 amide bonds. The first kappa shape index (κ1) is 18.6. The summed E-state index contributed by atoms with van der Waals surface area (Å²) in [6.07, 6.45) is 4.62. The van der Waals surface area contributed by atoms with Crippen LogP contribution in [0.4, 0.5) is 0 Å². The lowest BCUT2D eigenvalue weighted by atomic mass is 10.1. The first-order chi connectivity index (χ1) is 9.60. The highest BCUT2D eigenvalue weighted by Crippen LogP contribution is 2.34. The topological polar surface area (TPSA) is 52.6 Å². The van der Waals surface area contributed by atoms with Crippen molar-refractivity contribution in [3.05, 3.63) is 16.1 Å². The number of thiazole rings is 1. The molecule has 5 nitrogen and oxygen atoms in total. The zero-order valence-electron chi connectivity index (χ0n) is 13.2. The van der Waals surface area contributed by atoms with Crippen LogP contribution in [0.2, 0.25) is 0 Å². The largest absolute Gasteiger partial charge is 0.355 e. The average molecular weight is 423 g/mol. The number of nitrogens with one attached hydrogen (secondary N) is 2. The first-order valence-electron chi connectivity index (χ1n) is 7.12. The maximum Gasteiger partial charge on any atom is 0.191 e. The van der Waals surface area contributed by atoms with Gasteiger partial charge in [0.2, 0.25) is 0 Å². The fraction of sp³-hybridized carbons (Fsp3) is 0.714. The van der Waals surface area contributed by atoms with Crippen molar-refractivity contribution in [3.63, 3.8) is 0 Å². The zero-order valence-corrected chi connectivity index (χ0v) is 16.4. The lowest BCUT2D eigenvalue weighted by Crippen LogP contribution is -2.45. The van der Waals surface area contributed by atoms with Gasteiger partial charge in [-0.2, -0.15) is 0 Å². The summed E-state index contributed by atoms with van der Waals surface area (Å²) in [5.41, 5.74) is 0. The maximum atomic E-state index is 4.35. The highest BCUT2D eigenvalue weighted by Gasteiger charge is 2.32. The molecule has 1 aromatic rings. The Morgan fingerprint density at radius 3 is 2.67 bits per heavy atom. The number of aromatic nitrogens is 1. The zero-order chi connectivity index (χ0) is 14.5. The molecule has 7 heteroatoms. The van der Waals surface area contributed by atoms with Gasteiger partial charge in [-0.1, -0.05) is 0 Å². The average Bonchev–Trinajstić information content (AvgIpc) is 3.16. The number of guanidine groups is 1. The van der Waals surface area contributed by atoms with E-state index in [9.17, 15) is 0 Å². The van der Waals surface area contributed by atoms with Crippen molar-refractivity contribution in [2.75, 3.05) is 27.7 Å². The Kier molecular flexibility index (Phi) is 7.89. The second-order valence-electron chi connectivity index (χ2n) is 5.54. The molecule has 2 N–H and O–H groups in total. The van der Waals surface area contributed by atoms with Crippen LogP contribution in [0.3, 0.4) is 0 Å². The third-order valence-corrected chi connectivity index (χ3v) is 4.52. The highest BCUT2D eigenvalue weighted by molar-refractivity contribution is 14.0. The first-order valence-corrected chi connectivity index (χ1v) is 7.94. The molecule has 1 saturated carbocycles. The van der Waals surface area contributed by atoms with Crippen LogP contribution in [-0.2, 0) is 6.54 Å². The lowest BCUT2D eigenvalue weighted by molar-refractivity contribution is 0.264. The lowest BCUT2D eigenvalue weighted by Gasteiger charge is -2.25. The van der Waals surface area contributed by atoms with Crippen molar-refractivity contribution >= 4 is 41.3 Å². The van der Waals surface area contributed by atoms with E-state index < -0.39 is 0 Å². The maximum absolute atomic E-state index is 4.35. The summed E-state index contributed by atoms with van der Waals surface area (Å²) in [5.74, 6) is 1.70. The molecule has 120 valence electrons. The third-order valence-electron chi connectivity index (χ3n) is 3.61. The number of nitrogens with zero attached hydrogens (tertiary/aromatic N) is 3. The van der Waals surface area contributed by atoms with Crippen LogP contribution in [0.1, 0.15) is 22.7 Å². The van der Waals surface area contributed by atoms with Crippen molar-refractivity contribution < 1.29 is 0 Å². The molecule has 0 radical (unpaired) electrons. The number of likely N-dealkylation sites (N-methyl/N-ethyl adjacent to an activating group) is 1. The van der Waals surface area contributed by atoms with Crippen molar-refractivity contribution in [2.45, 2.75) is 32.4 Å². The fourth-order valence-electron chi connectivity index (χ4n) is 2.32. The Balaban J connectivity index is 0.00000220. The molecular weight excluding hydrogens is 397 g/mol. The van der Waals surface area contributed by atoms with Crippen LogP contribution in [-0.4, -0.2) is 49.6 Å². The summed E-state index contributed by atoms with van der Waals surface area (Å²) < 4.78 is 0. The van der Waals surface area contributed by atoms with Gasteiger partial charge in [0.25, 0.3) is 0 Å². The molecule has 21 heavy (non-hydrogen) atoms. The van der Waals surface area contributed by atoms with E-state index in [1.807, 2.05) is 13.2 Å².